The third-order valence-corrected chi connectivity index (χ3v) is 3.39. The Bertz CT molecular complexity index is 350. The lowest BCUT2D eigenvalue weighted by Gasteiger charge is -2.04. The number of benzene rings is 1. The zero-order valence-corrected chi connectivity index (χ0v) is 10.6. The van der Waals surface area contributed by atoms with E-state index < -0.39 is 0 Å². The van der Waals surface area contributed by atoms with Gasteiger partial charge in [-0.2, -0.15) is 0 Å². The second-order valence-electron chi connectivity index (χ2n) is 2.64. The minimum atomic E-state index is -0.135. The SMILES string of the molecule is Cc1cc(Cl)c(C(=O)CCl)cc1I. The number of halogens is 3. The highest BCUT2D eigenvalue weighted by Gasteiger charge is 2.10. The van der Waals surface area contributed by atoms with Crippen LogP contribution in [0.3, 0.4) is 0 Å². The van der Waals surface area contributed by atoms with E-state index >= 15 is 0 Å². The van der Waals surface area contributed by atoms with Gasteiger partial charge in [-0.15, -0.1) is 11.6 Å². The van der Waals surface area contributed by atoms with Gasteiger partial charge in [0, 0.05) is 9.13 Å². The molecule has 0 aliphatic rings. The van der Waals surface area contributed by atoms with Gasteiger partial charge in [-0.1, -0.05) is 11.6 Å². The summed E-state index contributed by atoms with van der Waals surface area (Å²) in [4.78, 5) is 11.3. The number of carbonyl (C=O) groups excluding carboxylic acids is 1. The summed E-state index contributed by atoms with van der Waals surface area (Å²) < 4.78 is 1.02. The Hall–Kier alpha value is 0.200. The molecule has 0 N–H and O–H groups in total. The largest absolute Gasteiger partial charge is 0.293 e. The normalized spacial score (nSPS) is 10.2. The zero-order valence-electron chi connectivity index (χ0n) is 6.90. The topological polar surface area (TPSA) is 17.1 Å². The van der Waals surface area contributed by atoms with E-state index in [1.165, 1.54) is 0 Å². The number of alkyl halides is 1. The molecule has 0 aliphatic heterocycles. The summed E-state index contributed by atoms with van der Waals surface area (Å²) in [5, 5.41) is 0.476. The molecule has 0 spiro atoms. The van der Waals surface area contributed by atoms with Crippen molar-refractivity contribution in [1.82, 2.24) is 0 Å². The molecule has 0 unspecified atom stereocenters. The van der Waals surface area contributed by atoms with E-state index in [9.17, 15) is 4.79 Å². The van der Waals surface area contributed by atoms with Gasteiger partial charge in [0.25, 0.3) is 0 Å². The summed E-state index contributed by atoms with van der Waals surface area (Å²) in [7, 11) is 0. The fraction of sp³-hybridized carbons (Fsp3) is 0.222. The van der Waals surface area contributed by atoms with Crippen LogP contribution < -0.4 is 0 Å². The van der Waals surface area contributed by atoms with Crippen molar-refractivity contribution in [2.75, 3.05) is 5.88 Å². The number of hydrogen-bond acceptors (Lipinski definition) is 1. The summed E-state index contributed by atoms with van der Waals surface area (Å²) in [6.07, 6.45) is 0. The lowest BCUT2D eigenvalue weighted by Crippen LogP contribution is -2.02. The molecule has 0 heterocycles. The molecule has 4 heteroatoms. The third kappa shape index (κ3) is 2.58. The van der Waals surface area contributed by atoms with Crippen LogP contribution in [0.25, 0.3) is 0 Å². The number of ketones is 1. The minimum Gasteiger partial charge on any atom is -0.293 e. The minimum absolute atomic E-state index is 0.0289. The predicted octanol–water partition coefficient (Wildman–Crippen LogP) is 3.67. The monoisotopic (exact) mass is 328 g/mol. The van der Waals surface area contributed by atoms with Gasteiger partial charge >= 0.3 is 0 Å². The van der Waals surface area contributed by atoms with E-state index in [0.717, 1.165) is 9.13 Å². The highest BCUT2D eigenvalue weighted by atomic mass is 127. The molecule has 0 saturated heterocycles. The molecule has 0 aromatic heterocycles. The van der Waals surface area contributed by atoms with Crippen LogP contribution in [0.5, 0.6) is 0 Å². The average Bonchev–Trinajstić information content (AvgIpc) is 2.10. The molecule has 0 radical (unpaired) electrons. The van der Waals surface area contributed by atoms with Gasteiger partial charge < -0.3 is 0 Å². The molecule has 0 aliphatic carbocycles. The van der Waals surface area contributed by atoms with E-state index in [1.54, 1.807) is 12.1 Å². The molecule has 0 saturated carbocycles. The Morgan fingerprint density at radius 3 is 2.69 bits per heavy atom. The Balaban J connectivity index is 3.23. The van der Waals surface area contributed by atoms with Gasteiger partial charge in [0.1, 0.15) is 0 Å². The molecule has 1 aromatic carbocycles. The maximum absolute atomic E-state index is 11.3. The summed E-state index contributed by atoms with van der Waals surface area (Å²) in [5.41, 5.74) is 1.57. The van der Waals surface area contributed by atoms with Crippen LogP contribution in [0.4, 0.5) is 0 Å². The van der Waals surface area contributed by atoms with Crippen molar-refractivity contribution in [2.24, 2.45) is 0 Å². The van der Waals surface area contributed by atoms with Crippen molar-refractivity contribution in [3.8, 4) is 0 Å². The van der Waals surface area contributed by atoms with Gasteiger partial charge in [0.15, 0.2) is 5.78 Å². The van der Waals surface area contributed by atoms with Crippen LogP contribution in [0.2, 0.25) is 5.02 Å². The maximum Gasteiger partial charge on any atom is 0.179 e. The molecule has 1 aromatic rings. The highest BCUT2D eigenvalue weighted by Crippen LogP contribution is 2.23. The van der Waals surface area contributed by atoms with Crippen molar-refractivity contribution in [1.29, 1.82) is 0 Å². The first-order valence-electron chi connectivity index (χ1n) is 3.61. The van der Waals surface area contributed by atoms with Crippen LogP contribution in [0.1, 0.15) is 15.9 Å². The fourth-order valence-electron chi connectivity index (χ4n) is 0.932. The van der Waals surface area contributed by atoms with Crippen LogP contribution in [0.15, 0.2) is 12.1 Å². The first-order chi connectivity index (χ1) is 6.06. The summed E-state index contributed by atoms with van der Waals surface area (Å²) in [6, 6.07) is 3.55. The van der Waals surface area contributed by atoms with Crippen LogP contribution in [0, 0.1) is 10.5 Å². The molecule has 0 fully saturated rings. The molecule has 0 bridgehead atoms. The average molecular weight is 329 g/mol. The second kappa shape index (κ2) is 4.62. The van der Waals surface area contributed by atoms with Crippen molar-refractivity contribution < 1.29 is 4.79 Å². The van der Waals surface area contributed by atoms with E-state index in [2.05, 4.69) is 22.6 Å². The number of Topliss-reactive ketones (excluding diaryl/α,β-unsaturated/α-hetero) is 1. The molecule has 1 rings (SSSR count). The van der Waals surface area contributed by atoms with Crippen molar-refractivity contribution in [3.05, 3.63) is 31.9 Å². The Kier molecular flexibility index (Phi) is 4.01. The lowest BCUT2D eigenvalue weighted by molar-refractivity contribution is 0.102. The number of aryl methyl sites for hydroxylation is 1. The standard InChI is InChI=1S/C9H7Cl2IO/c1-5-2-7(11)6(3-8(5)12)9(13)4-10/h2-3H,4H2,1H3. The van der Waals surface area contributed by atoms with Crippen molar-refractivity contribution >= 4 is 51.6 Å². The quantitative estimate of drug-likeness (QED) is 0.460. The van der Waals surface area contributed by atoms with Crippen LogP contribution in [-0.2, 0) is 0 Å². The van der Waals surface area contributed by atoms with Gasteiger partial charge in [-0.25, -0.2) is 0 Å². The molecule has 13 heavy (non-hydrogen) atoms. The van der Waals surface area contributed by atoms with Gasteiger partial charge in [0.2, 0.25) is 0 Å². The number of hydrogen-bond donors (Lipinski definition) is 0. The highest BCUT2D eigenvalue weighted by molar-refractivity contribution is 14.1. The molecular weight excluding hydrogens is 322 g/mol. The predicted molar refractivity (Wildman–Crippen MR) is 64.0 cm³/mol. The summed E-state index contributed by atoms with van der Waals surface area (Å²) in [6.45, 7) is 1.95. The molecule has 1 nitrogen and oxygen atoms in total. The molecule has 70 valence electrons. The molecule has 0 atom stereocenters. The Morgan fingerprint density at radius 2 is 2.15 bits per heavy atom. The summed E-state index contributed by atoms with van der Waals surface area (Å²) >= 11 is 13.5. The van der Waals surface area contributed by atoms with E-state index in [1.807, 2.05) is 6.92 Å². The lowest BCUT2D eigenvalue weighted by atomic mass is 10.1. The number of rotatable bonds is 2. The van der Waals surface area contributed by atoms with Crippen molar-refractivity contribution in [3.63, 3.8) is 0 Å². The van der Waals surface area contributed by atoms with Gasteiger partial charge in [-0.3, -0.25) is 4.79 Å². The fourth-order valence-corrected chi connectivity index (χ4v) is 1.87. The third-order valence-electron chi connectivity index (χ3n) is 1.67. The van der Waals surface area contributed by atoms with E-state index in [0.29, 0.717) is 10.6 Å². The Morgan fingerprint density at radius 1 is 1.54 bits per heavy atom. The van der Waals surface area contributed by atoms with E-state index in [-0.39, 0.29) is 11.7 Å². The van der Waals surface area contributed by atoms with Crippen molar-refractivity contribution in [2.45, 2.75) is 6.92 Å². The van der Waals surface area contributed by atoms with Crippen LogP contribution in [-0.4, -0.2) is 11.7 Å². The van der Waals surface area contributed by atoms with Gasteiger partial charge in [0.05, 0.1) is 10.9 Å². The number of carbonyl (C=O) groups is 1. The first-order valence-corrected chi connectivity index (χ1v) is 5.60. The Labute approximate surface area is 101 Å². The molecule has 0 amide bonds. The summed E-state index contributed by atoms with van der Waals surface area (Å²) in [5.74, 6) is -0.164. The maximum atomic E-state index is 11.3. The first kappa shape index (κ1) is 11.3. The molecular formula is C9H7Cl2IO. The second-order valence-corrected chi connectivity index (χ2v) is 4.47. The van der Waals surface area contributed by atoms with Gasteiger partial charge in [-0.05, 0) is 47.2 Å². The van der Waals surface area contributed by atoms with E-state index in [4.69, 9.17) is 23.2 Å². The van der Waals surface area contributed by atoms with Crippen LogP contribution >= 0.6 is 45.8 Å². The smallest absolute Gasteiger partial charge is 0.179 e. The zero-order chi connectivity index (χ0) is 10.0.